The number of carbonyl (C=O) groups is 2. The summed E-state index contributed by atoms with van der Waals surface area (Å²) >= 11 is 0. The van der Waals surface area contributed by atoms with Gasteiger partial charge in [-0.2, -0.15) is 0 Å². The molecule has 1 rings (SSSR count). The molecule has 1 aromatic carbocycles. The molecule has 0 radical (unpaired) electrons. The Morgan fingerprint density at radius 3 is 2.33 bits per heavy atom. The Morgan fingerprint density at radius 2 is 1.79 bits per heavy atom. The highest BCUT2D eigenvalue weighted by Crippen LogP contribution is 2.10. The fourth-order valence-corrected chi connectivity index (χ4v) is 3.19. The first kappa shape index (κ1) is 20.1. The second-order valence-electron chi connectivity index (χ2n) is 5.48. The molecule has 0 spiro atoms. The van der Waals surface area contributed by atoms with E-state index in [0.717, 1.165) is 5.56 Å². The first-order valence-corrected chi connectivity index (χ1v) is 9.16. The number of hydrogen-bond acceptors (Lipinski definition) is 5. The molecule has 1 unspecified atom stereocenters. The SMILES string of the molecule is COC(=O)C(CCCCNS(=O)(=O)c1ccc(C)cc1)NC(C)=O. The van der Waals surface area contributed by atoms with Crippen molar-refractivity contribution in [1.29, 1.82) is 0 Å². The van der Waals surface area contributed by atoms with Crippen molar-refractivity contribution in [3.63, 3.8) is 0 Å². The third-order valence-corrected chi connectivity index (χ3v) is 4.88. The number of unbranched alkanes of at least 4 members (excludes halogenated alkanes) is 1. The highest BCUT2D eigenvalue weighted by Gasteiger charge is 2.19. The van der Waals surface area contributed by atoms with E-state index < -0.39 is 22.0 Å². The first-order valence-electron chi connectivity index (χ1n) is 7.67. The average molecular weight is 356 g/mol. The van der Waals surface area contributed by atoms with Crippen molar-refractivity contribution in [2.45, 2.75) is 44.0 Å². The molecule has 2 N–H and O–H groups in total. The molecule has 1 atom stereocenters. The Kier molecular flexibility index (Phi) is 7.87. The predicted octanol–water partition coefficient (Wildman–Crippen LogP) is 1.12. The van der Waals surface area contributed by atoms with Gasteiger partial charge in [0.15, 0.2) is 0 Å². The topological polar surface area (TPSA) is 102 Å². The van der Waals surface area contributed by atoms with Crippen LogP contribution in [0.4, 0.5) is 0 Å². The number of benzene rings is 1. The molecule has 8 heteroatoms. The number of amides is 1. The molecular weight excluding hydrogens is 332 g/mol. The number of aryl methyl sites for hydroxylation is 1. The quantitative estimate of drug-likeness (QED) is 0.510. The van der Waals surface area contributed by atoms with E-state index in [0.29, 0.717) is 19.3 Å². The van der Waals surface area contributed by atoms with E-state index in [4.69, 9.17) is 0 Å². The van der Waals surface area contributed by atoms with E-state index in [1.807, 2.05) is 6.92 Å². The van der Waals surface area contributed by atoms with Gasteiger partial charge in [0.25, 0.3) is 0 Å². The number of sulfonamides is 1. The minimum atomic E-state index is -3.53. The number of rotatable bonds is 9. The van der Waals surface area contributed by atoms with Crippen LogP contribution in [0, 0.1) is 6.92 Å². The van der Waals surface area contributed by atoms with Gasteiger partial charge in [-0.15, -0.1) is 0 Å². The summed E-state index contributed by atoms with van der Waals surface area (Å²) in [7, 11) is -2.27. The number of hydrogen-bond donors (Lipinski definition) is 2. The maximum absolute atomic E-state index is 12.1. The highest BCUT2D eigenvalue weighted by molar-refractivity contribution is 7.89. The molecule has 0 aromatic heterocycles. The van der Waals surface area contributed by atoms with Crippen LogP contribution in [-0.2, 0) is 24.3 Å². The zero-order valence-electron chi connectivity index (χ0n) is 14.2. The lowest BCUT2D eigenvalue weighted by atomic mass is 10.1. The Balaban J connectivity index is 2.42. The molecule has 24 heavy (non-hydrogen) atoms. The van der Waals surface area contributed by atoms with Gasteiger partial charge in [0.05, 0.1) is 12.0 Å². The van der Waals surface area contributed by atoms with E-state index in [1.165, 1.54) is 14.0 Å². The van der Waals surface area contributed by atoms with Crippen molar-refractivity contribution in [3.8, 4) is 0 Å². The standard InChI is InChI=1S/C16H24N2O5S/c1-12-7-9-14(10-8-12)24(21,22)17-11-5-4-6-15(16(20)23-3)18-13(2)19/h7-10,15,17H,4-6,11H2,1-3H3,(H,18,19). The summed E-state index contributed by atoms with van der Waals surface area (Å²) in [6.45, 7) is 3.46. The van der Waals surface area contributed by atoms with Crippen molar-refractivity contribution in [2.24, 2.45) is 0 Å². The fourth-order valence-electron chi connectivity index (χ4n) is 2.12. The van der Waals surface area contributed by atoms with Gasteiger partial charge in [0.1, 0.15) is 6.04 Å². The van der Waals surface area contributed by atoms with E-state index in [2.05, 4.69) is 14.8 Å². The van der Waals surface area contributed by atoms with Gasteiger partial charge in [-0.3, -0.25) is 4.79 Å². The van der Waals surface area contributed by atoms with Crippen LogP contribution in [0.5, 0.6) is 0 Å². The summed E-state index contributed by atoms with van der Waals surface area (Å²) in [5.41, 5.74) is 0.987. The Labute approximate surface area is 142 Å². The lowest BCUT2D eigenvalue weighted by Gasteiger charge is -2.15. The highest BCUT2D eigenvalue weighted by atomic mass is 32.2. The number of methoxy groups -OCH3 is 1. The zero-order valence-corrected chi connectivity index (χ0v) is 15.0. The Bertz CT molecular complexity index is 656. The van der Waals surface area contributed by atoms with Crippen LogP contribution in [0.25, 0.3) is 0 Å². The molecule has 0 saturated carbocycles. The summed E-state index contributed by atoms with van der Waals surface area (Å²) in [6.07, 6.45) is 1.49. The lowest BCUT2D eigenvalue weighted by molar-refractivity contribution is -0.145. The van der Waals surface area contributed by atoms with E-state index >= 15 is 0 Å². The molecule has 1 aromatic rings. The molecule has 0 bridgehead atoms. The molecule has 0 heterocycles. The predicted molar refractivity (Wildman–Crippen MR) is 89.8 cm³/mol. The second-order valence-corrected chi connectivity index (χ2v) is 7.25. The Morgan fingerprint density at radius 1 is 1.17 bits per heavy atom. The smallest absolute Gasteiger partial charge is 0.328 e. The van der Waals surface area contributed by atoms with Crippen molar-refractivity contribution >= 4 is 21.9 Å². The van der Waals surface area contributed by atoms with Crippen molar-refractivity contribution in [2.75, 3.05) is 13.7 Å². The average Bonchev–Trinajstić information content (AvgIpc) is 2.52. The van der Waals surface area contributed by atoms with E-state index in [1.54, 1.807) is 24.3 Å². The van der Waals surface area contributed by atoms with E-state index in [-0.39, 0.29) is 17.3 Å². The van der Waals surface area contributed by atoms with Gasteiger partial charge in [-0.05, 0) is 38.3 Å². The third-order valence-electron chi connectivity index (χ3n) is 3.41. The number of carbonyl (C=O) groups excluding carboxylic acids is 2. The minimum Gasteiger partial charge on any atom is -0.467 e. The van der Waals surface area contributed by atoms with Gasteiger partial charge in [0, 0.05) is 13.5 Å². The van der Waals surface area contributed by atoms with Gasteiger partial charge in [0.2, 0.25) is 15.9 Å². The molecular formula is C16H24N2O5S. The van der Waals surface area contributed by atoms with Crippen LogP contribution in [0.1, 0.15) is 31.7 Å². The minimum absolute atomic E-state index is 0.221. The number of nitrogens with one attached hydrogen (secondary N) is 2. The van der Waals surface area contributed by atoms with Crippen molar-refractivity contribution < 1.29 is 22.7 Å². The van der Waals surface area contributed by atoms with Crippen molar-refractivity contribution in [3.05, 3.63) is 29.8 Å². The molecule has 0 aliphatic carbocycles. The molecule has 7 nitrogen and oxygen atoms in total. The maximum Gasteiger partial charge on any atom is 0.328 e. The van der Waals surface area contributed by atoms with Gasteiger partial charge >= 0.3 is 5.97 Å². The number of ether oxygens (including phenoxy) is 1. The first-order chi connectivity index (χ1) is 11.3. The van der Waals surface area contributed by atoms with Crippen LogP contribution in [0.15, 0.2) is 29.2 Å². The Hall–Kier alpha value is -1.93. The summed E-state index contributed by atoms with van der Waals surface area (Å²) < 4.78 is 31.3. The van der Waals surface area contributed by atoms with E-state index in [9.17, 15) is 18.0 Å². The molecule has 0 aliphatic heterocycles. The summed E-state index contributed by atoms with van der Waals surface area (Å²) in [4.78, 5) is 22.8. The molecule has 0 aliphatic rings. The largest absolute Gasteiger partial charge is 0.467 e. The number of esters is 1. The van der Waals surface area contributed by atoms with Crippen LogP contribution in [0.2, 0.25) is 0 Å². The van der Waals surface area contributed by atoms with Crippen LogP contribution < -0.4 is 10.0 Å². The lowest BCUT2D eigenvalue weighted by Crippen LogP contribution is -2.40. The van der Waals surface area contributed by atoms with Crippen molar-refractivity contribution in [1.82, 2.24) is 10.0 Å². The third kappa shape index (κ3) is 6.67. The molecule has 0 fully saturated rings. The molecule has 134 valence electrons. The zero-order chi connectivity index (χ0) is 18.2. The molecule has 0 saturated heterocycles. The summed E-state index contributed by atoms with van der Waals surface area (Å²) in [5, 5.41) is 2.52. The van der Waals surface area contributed by atoms with Crippen LogP contribution in [-0.4, -0.2) is 40.0 Å². The van der Waals surface area contributed by atoms with Gasteiger partial charge in [-0.25, -0.2) is 17.9 Å². The van der Waals surface area contributed by atoms with Gasteiger partial charge in [-0.1, -0.05) is 17.7 Å². The fraction of sp³-hybridized carbons (Fsp3) is 0.500. The monoisotopic (exact) mass is 356 g/mol. The maximum atomic E-state index is 12.1. The van der Waals surface area contributed by atoms with Crippen LogP contribution in [0.3, 0.4) is 0 Å². The normalized spacial score (nSPS) is 12.5. The molecule has 1 amide bonds. The second kappa shape index (κ2) is 9.39. The summed E-state index contributed by atoms with van der Waals surface area (Å²) in [6, 6.07) is 5.89. The summed E-state index contributed by atoms with van der Waals surface area (Å²) in [5.74, 6) is -0.823. The van der Waals surface area contributed by atoms with Crippen LogP contribution >= 0.6 is 0 Å². The van der Waals surface area contributed by atoms with Gasteiger partial charge < -0.3 is 10.1 Å².